The zero-order valence-corrected chi connectivity index (χ0v) is 15.4. The molecular formula is C16H14ClN3O2S2. The van der Waals surface area contributed by atoms with E-state index < -0.39 is 0 Å². The number of carbonyl (C=O) groups excluding carboxylic acids is 1. The van der Waals surface area contributed by atoms with Crippen molar-refractivity contribution in [2.45, 2.75) is 12.7 Å². The Kier molecular flexibility index (Phi) is 5.23. The molecule has 0 unspecified atom stereocenters. The highest BCUT2D eigenvalue weighted by molar-refractivity contribution is 7.97. The van der Waals surface area contributed by atoms with Crippen molar-refractivity contribution in [3.05, 3.63) is 51.7 Å². The molecule has 0 aliphatic carbocycles. The summed E-state index contributed by atoms with van der Waals surface area (Å²) in [5.41, 5.74) is 2.39. The summed E-state index contributed by atoms with van der Waals surface area (Å²) in [6, 6.07) is 7.21. The minimum absolute atomic E-state index is 0.311. The van der Waals surface area contributed by atoms with Crippen LogP contribution in [0.4, 0.5) is 5.13 Å². The van der Waals surface area contributed by atoms with Gasteiger partial charge in [0.25, 0.3) is 5.91 Å². The fraction of sp³-hybridized carbons (Fsp3) is 0.188. The van der Waals surface area contributed by atoms with E-state index in [-0.39, 0.29) is 5.91 Å². The van der Waals surface area contributed by atoms with Gasteiger partial charge in [0, 0.05) is 16.7 Å². The van der Waals surface area contributed by atoms with Crippen LogP contribution in [0, 0.1) is 6.92 Å². The van der Waals surface area contributed by atoms with Gasteiger partial charge in [0.1, 0.15) is 17.0 Å². The van der Waals surface area contributed by atoms with Crippen molar-refractivity contribution in [1.29, 1.82) is 0 Å². The van der Waals surface area contributed by atoms with Crippen molar-refractivity contribution in [2.24, 2.45) is 0 Å². The van der Waals surface area contributed by atoms with Gasteiger partial charge in [-0.3, -0.25) is 10.1 Å². The van der Waals surface area contributed by atoms with Gasteiger partial charge >= 0.3 is 0 Å². The zero-order valence-electron chi connectivity index (χ0n) is 13.0. The van der Waals surface area contributed by atoms with Crippen LogP contribution in [0.5, 0.6) is 0 Å². The van der Waals surface area contributed by atoms with Gasteiger partial charge in [-0.25, -0.2) is 4.98 Å². The van der Waals surface area contributed by atoms with E-state index in [1.54, 1.807) is 30.8 Å². The third kappa shape index (κ3) is 3.48. The lowest BCUT2D eigenvalue weighted by Crippen LogP contribution is -2.13. The predicted octanol–water partition coefficient (Wildman–Crippen LogP) is 4.88. The molecule has 124 valence electrons. The summed E-state index contributed by atoms with van der Waals surface area (Å²) < 4.78 is 5.22. The largest absolute Gasteiger partial charge is 0.360 e. The van der Waals surface area contributed by atoms with Crippen LogP contribution in [0.25, 0.3) is 11.3 Å². The van der Waals surface area contributed by atoms with Crippen LogP contribution in [-0.4, -0.2) is 22.3 Å². The number of hydrogen-bond acceptors (Lipinski definition) is 6. The molecule has 0 spiro atoms. The number of aryl methyl sites for hydroxylation is 1. The van der Waals surface area contributed by atoms with Crippen LogP contribution in [-0.2, 0) is 5.75 Å². The molecule has 1 aromatic carbocycles. The predicted molar refractivity (Wildman–Crippen MR) is 99.0 cm³/mol. The summed E-state index contributed by atoms with van der Waals surface area (Å²) in [5, 5.41) is 9.81. The Morgan fingerprint density at radius 2 is 2.21 bits per heavy atom. The highest BCUT2D eigenvalue weighted by Gasteiger charge is 2.23. The first kappa shape index (κ1) is 17.0. The van der Waals surface area contributed by atoms with E-state index >= 15 is 0 Å². The van der Waals surface area contributed by atoms with E-state index in [0.29, 0.717) is 32.7 Å². The number of carbonyl (C=O) groups is 1. The van der Waals surface area contributed by atoms with E-state index in [1.165, 1.54) is 11.3 Å². The smallest absolute Gasteiger partial charge is 0.263 e. The van der Waals surface area contributed by atoms with Crippen molar-refractivity contribution < 1.29 is 9.32 Å². The van der Waals surface area contributed by atoms with E-state index in [4.69, 9.17) is 16.1 Å². The number of halogens is 1. The second-order valence-electron chi connectivity index (χ2n) is 4.97. The molecule has 8 heteroatoms. The molecule has 0 fully saturated rings. The lowest BCUT2D eigenvalue weighted by Gasteiger charge is -2.04. The molecule has 3 aromatic rings. The van der Waals surface area contributed by atoms with Gasteiger partial charge in [0.05, 0.1) is 10.7 Å². The Labute approximate surface area is 152 Å². The summed E-state index contributed by atoms with van der Waals surface area (Å²) in [6.07, 6.45) is 2.01. The molecule has 2 aromatic heterocycles. The molecule has 3 rings (SSSR count). The van der Waals surface area contributed by atoms with E-state index in [1.807, 2.05) is 23.8 Å². The molecule has 2 heterocycles. The number of anilines is 1. The van der Waals surface area contributed by atoms with Gasteiger partial charge < -0.3 is 4.52 Å². The standard InChI is InChI=1S/C16H14ClN3O2S2/c1-9-13(14(20-22-9)11-5-3-4-6-12(11)17)15(21)19-16-18-10(7-23-2)8-24-16/h3-6,8H,7H2,1-2H3,(H,18,19,21). The summed E-state index contributed by atoms with van der Waals surface area (Å²) in [6.45, 7) is 1.70. The Bertz CT molecular complexity index is 876. The number of nitrogens with zero attached hydrogens (tertiary/aromatic N) is 2. The second kappa shape index (κ2) is 7.38. The van der Waals surface area contributed by atoms with Crippen LogP contribution < -0.4 is 5.32 Å². The van der Waals surface area contributed by atoms with E-state index in [9.17, 15) is 4.79 Å². The van der Waals surface area contributed by atoms with Gasteiger partial charge in [-0.05, 0) is 19.2 Å². The molecule has 0 aliphatic heterocycles. The lowest BCUT2D eigenvalue weighted by molar-refractivity contribution is 0.102. The fourth-order valence-electron chi connectivity index (χ4n) is 2.21. The maximum absolute atomic E-state index is 12.7. The van der Waals surface area contributed by atoms with Gasteiger partial charge in [0.15, 0.2) is 5.13 Å². The summed E-state index contributed by atoms with van der Waals surface area (Å²) in [7, 11) is 0. The molecule has 5 nitrogen and oxygen atoms in total. The molecule has 0 aliphatic rings. The maximum Gasteiger partial charge on any atom is 0.263 e. The van der Waals surface area contributed by atoms with Crippen molar-refractivity contribution in [3.63, 3.8) is 0 Å². The van der Waals surface area contributed by atoms with Crippen molar-refractivity contribution >= 4 is 45.7 Å². The molecule has 0 atom stereocenters. The number of thioether (sulfide) groups is 1. The van der Waals surface area contributed by atoms with Gasteiger partial charge in [-0.2, -0.15) is 11.8 Å². The van der Waals surface area contributed by atoms with Crippen LogP contribution in [0.1, 0.15) is 21.8 Å². The first-order valence-corrected chi connectivity index (χ1v) is 9.71. The Morgan fingerprint density at radius 1 is 1.42 bits per heavy atom. The number of rotatable bonds is 5. The monoisotopic (exact) mass is 379 g/mol. The van der Waals surface area contributed by atoms with Gasteiger partial charge in [-0.15, -0.1) is 11.3 Å². The Hall–Kier alpha value is -1.83. The number of hydrogen-bond donors (Lipinski definition) is 1. The first-order valence-electron chi connectivity index (χ1n) is 7.06. The molecule has 1 N–H and O–H groups in total. The second-order valence-corrected chi connectivity index (χ2v) is 7.10. The van der Waals surface area contributed by atoms with E-state index in [0.717, 1.165) is 11.4 Å². The molecule has 0 radical (unpaired) electrons. The lowest BCUT2D eigenvalue weighted by atomic mass is 10.1. The molecule has 0 bridgehead atoms. The average molecular weight is 380 g/mol. The topological polar surface area (TPSA) is 68.0 Å². The third-order valence-electron chi connectivity index (χ3n) is 3.28. The van der Waals surface area contributed by atoms with Crippen LogP contribution in [0.3, 0.4) is 0 Å². The van der Waals surface area contributed by atoms with Crippen molar-refractivity contribution in [2.75, 3.05) is 11.6 Å². The molecule has 1 amide bonds. The van der Waals surface area contributed by atoms with Crippen LogP contribution in [0.15, 0.2) is 34.2 Å². The van der Waals surface area contributed by atoms with Gasteiger partial charge in [0.2, 0.25) is 0 Å². The molecule has 0 saturated carbocycles. The third-order valence-corrected chi connectivity index (χ3v) is 5.00. The SMILES string of the molecule is CSCc1csc(NC(=O)c2c(-c3ccccc3Cl)noc2C)n1. The summed E-state index contributed by atoms with van der Waals surface area (Å²) >= 11 is 9.29. The van der Waals surface area contributed by atoms with Crippen molar-refractivity contribution in [3.8, 4) is 11.3 Å². The molecule has 0 saturated heterocycles. The minimum atomic E-state index is -0.311. The molecular weight excluding hydrogens is 366 g/mol. The Morgan fingerprint density at radius 3 is 2.96 bits per heavy atom. The summed E-state index contributed by atoms with van der Waals surface area (Å²) in [5.74, 6) is 0.931. The van der Waals surface area contributed by atoms with Gasteiger partial charge in [-0.1, -0.05) is 35.0 Å². The molecule has 24 heavy (non-hydrogen) atoms. The van der Waals surface area contributed by atoms with Crippen LogP contribution in [0.2, 0.25) is 5.02 Å². The number of benzene rings is 1. The number of aromatic nitrogens is 2. The summed E-state index contributed by atoms with van der Waals surface area (Å²) in [4.78, 5) is 17.1. The highest BCUT2D eigenvalue weighted by Crippen LogP contribution is 2.31. The maximum atomic E-state index is 12.7. The number of amides is 1. The van der Waals surface area contributed by atoms with Crippen molar-refractivity contribution in [1.82, 2.24) is 10.1 Å². The average Bonchev–Trinajstić information content (AvgIpc) is 3.15. The quantitative estimate of drug-likeness (QED) is 0.684. The zero-order chi connectivity index (χ0) is 17.1. The highest BCUT2D eigenvalue weighted by atomic mass is 35.5. The Balaban J connectivity index is 1.90. The first-order chi connectivity index (χ1) is 11.6. The van der Waals surface area contributed by atoms with Crippen LogP contribution >= 0.6 is 34.7 Å². The fourth-order valence-corrected chi connectivity index (χ4v) is 3.69. The minimum Gasteiger partial charge on any atom is -0.360 e. The normalized spacial score (nSPS) is 10.8. The van der Waals surface area contributed by atoms with E-state index in [2.05, 4.69) is 15.5 Å². The number of nitrogens with one attached hydrogen (secondary N) is 1. The number of thiazole rings is 1.